The Balaban J connectivity index is 0.000000182. The summed E-state index contributed by atoms with van der Waals surface area (Å²) < 4.78 is 128. The molecule has 612 valence electrons. The lowest BCUT2D eigenvalue weighted by Crippen LogP contribution is -2.43. The number of likely N-dealkylation sites (tertiary alicyclic amines) is 3. The number of nitrogens with zero attached hydrogens (tertiary/aromatic N) is 6. The molecule has 21 nitrogen and oxygen atoms in total. The predicted octanol–water partition coefficient (Wildman–Crippen LogP) is 21.3. The fourth-order valence-electron chi connectivity index (χ4n) is 14.3. The zero-order valence-electron chi connectivity index (χ0n) is 66.8. The summed E-state index contributed by atoms with van der Waals surface area (Å²) in [5.74, 6) is -8.22. The van der Waals surface area contributed by atoms with Crippen LogP contribution in [0.15, 0.2) is 146 Å². The van der Waals surface area contributed by atoms with E-state index in [1.807, 2.05) is 105 Å². The number of aromatic nitrogens is 3. The second-order valence-corrected chi connectivity index (χ2v) is 31.1. The van der Waals surface area contributed by atoms with Gasteiger partial charge < -0.3 is 71.8 Å². The number of amides is 3. The second kappa shape index (κ2) is 36.7. The van der Waals surface area contributed by atoms with Crippen molar-refractivity contribution in [3.63, 3.8) is 0 Å². The van der Waals surface area contributed by atoms with Gasteiger partial charge in [-0.1, -0.05) is 75.4 Å². The predicted molar refractivity (Wildman–Crippen MR) is 421 cm³/mol. The number of rotatable bonds is 19. The van der Waals surface area contributed by atoms with Crippen LogP contribution >= 0.6 is 0 Å². The highest BCUT2D eigenvalue weighted by Gasteiger charge is 2.37. The SMILES string of the molecule is CCOC(=O)c1c(-c2ccc(Oc3c(F)cccc3F)cc2)cn([C@@H]2CCCN(C(=O)OC(C)(C)C)C2)c1CC.CCc1c(C(=O)O)c(-c2ccc(Oc3c(F)cccc3F)cc2)cn1[C@@H]1CCCN(C(=O)OC(C)(C)C)C1.CCc1c(C(=O)O)c(-c2ccc(Oc3c(F)cccc3F)cc2)cn1[C@@H]1CCN(C(=O)OC(C)(C)C)C1. The molecule has 12 rings (SSSR count). The maximum atomic E-state index is 14.1. The van der Waals surface area contributed by atoms with Crippen molar-refractivity contribution in [2.24, 2.45) is 0 Å². The number of esters is 1. The Morgan fingerprint density at radius 1 is 0.383 bits per heavy atom. The number of hydrogen-bond acceptors (Lipinski definition) is 13. The first kappa shape index (κ1) is 85.8. The standard InChI is InChI=1S/C31H36F2N2O5.C29H32F2N2O5.C28H30F2N2O5/c1-6-26-27(29(36)38-7-2)23(19-35(26)21-10-9-17-34(18-21)30(37)40-31(3,4)5)20-13-15-22(16-14-20)39-28-24(32)11-8-12-25(28)33;1-5-24-25(27(34)35)21(17-33(24)19-8-7-15-32(16-19)28(36)38-29(2,3)4)18-11-13-20(14-12-18)37-26-22(30)9-6-10-23(26)31;1-5-23-24(26(33)34)20(16-32(23)18-13-14-31(15-18)27(35)37-28(2,3)4)17-9-11-19(12-10-17)36-25-21(29)7-6-8-22(25)30/h8,11-16,19,21H,6-7,9-10,17-18H2,1-5H3;6,9-14,17,19H,5,7-8,15-16H2,1-4H3,(H,34,35);6-12,16,18H,5,13-15H2,1-4H3,(H,33,34)/t21-;19-;18-/m111/s1. The van der Waals surface area contributed by atoms with Crippen molar-refractivity contribution in [3.05, 3.63) is 215 Å². The van der Waals surface area contributed by atoms with Crippen LogP contribution in [0.25, 0.3) is 33.4 Å². The minimum atomic E-state index is -1.05. The average Bonchev–Trinajstić information content (AvgIpc) is 1.63. The molecule has 3 atom stereocenters. The molecule has 0 spiro atoms. The summed E-state index contributed by atoms with van der Waals surface area (Å²) in [4.78, 5) is 81.0. The third-order valence-corrected chi connectivity index (χ3v) is 19.3. The zero-order valence-corrected chi connectivity index (χ0v) is 66.8. The van der Waals surface area contributed by atoms with Gasteiger partial charge >= 0.3 is 36.2 Å². The summed E-state index contributed by atoms with van der Waals surface area (Å²) in [6.07, 6.45) is 9.84. The summed E-state index contributed by atoms with van der Waals surface area (Å²) in [5, 5.41) is 20.2. The van der Waals surface area contributed by atoms with Crippen LogP contribution in [-0.4, -0.2) is 137 Å². The monoisotopic (exact) mass is 1590 g/mol. The topological polar surface area (TPSA) is 232 Å². The number of carbonyl (C=O) groups is 6. The van der Waals surface area contributed by atoms with Gasteiger partial charge in [-0.15, -0.1) is 0 Å². The second-order valence-electron chi connectivity index (χ2n) is 31.1. The summed E-state index contributed by atoms with van der Waals surface area (Å²) in [7, 11) is 0. The lowest BCUT2D eigenvalue weighted by molar-refractivity contribution is 0.0162. The maximum absolute atomic E-state index is 14.1. The first-order valence-electron chi connectivity index (χ1n) is 38.4. The van der Waals surface area contributed by atoms with Gasteiger partial charge in [-0.3, -0.25) is 0 Å². The van der Waals surface area contributed by atoms with Crippen molar-refractivity contribution in [3.8, 4) is 67.9 Å². The first-order chi connectivity index (χ1) is 54.5. The van der Waals surface area contributed by atoms with Gasteiger partial charge in [0.2, 0.25) is 0 Å². The Labute approximate surface area is 664 Å². The molecule has 3 saturated heterocycles. The van der Waals surface area contributed by atoms with Crippen molar-refractivity contribution in [2.45, 2.75) is 176 Å². The molecule has 3 amide bonds. The number of carbonyl (C=O) groups excluding carboxylic acids is 4. The van der Waals surface area contributed by atoms with Crippen molar-refractivity contribution in [1.29, 1.82) is 0 Å². The number of ether oxygens (including phenoxy) is 7. The van der Waals surface area contributed by atoms with Crippen LogP contribution in [0.2, 0.25) is 0 Å². The van der Waals surface area contributed by atoms with Gasteiger partial charge in [-0.25, -0.2) is 55.1 Å². The summed E-state index contributed by atoms with van der Waals surface area (Å²) in [6.45, 7) is 27.2. The molecule has 0 unspecified atom stereocenters. The van der Waals surface area contributed by atoms with Crippen LogP contribution in [0.4, 0.5) is 40.7 Å². The number of benzene rings is 6. The molecular weight excluding hydrogens is 1490 g/mol. The van der Waals surface area contributed by atoms with Gasteiger partial charge in [-0.2, -0.15) is 0 Å². The zero-order chi connectivity index (χ0) is 83.5. The van der Waals surface area contributed by atoms with Gasteiger partial charge in [0.25, 0.3) is 0 Å². The maximum Gasteiger partial charge on any atom is 0.410 e. The molecule has 27 heteroatoms. The highest BCUT2D eigenvalue weighted by atomic mass is 19.2. The quantitative estimate of drug-likeness (QED) is 0.0435. The van der Waals surface area contributed by atoms with Gasteiger partial charge in [0, 0.05) is 91.6 Å². The molecule has 115 heavy (non-hydrogen) atoms. The Hall–Kier alpha value is -11.6. The van der Waals surface area contributed by atoms with E-state index < -0.39 is 86.9 Å². The van der Waals surface area contributed by atoms with E-state index in [0.29, 0.717) is 110 Å². The average molecular weight is 1590 g/mol. The number of carboxylic acid groups (broad SMARTS) is 2. The molecule has 6 aromatic carbocycles. The third-order valence-electron chi connectivity index (χ3n) is 19.3. The van der Waals surface area contributed by atoms with E-state index in [0.717, 1.165) is 73.3 Å². The molecule has 3 aliphatic heterocycles. The summed E-state index contributed by atoms with van der Waals surface area (Å²) in [6, 6.07) is 29.7. The lowest BCUT2D eigenvalue weighted by atomic mass is 10.0. The Morgan fingerprint density at radius 2 is 0.652 bits per heavy atom. The molecule has 0 aliphatic carbocycles. The first-order valence-corrected chi connectivity index (χ1v) is 38.4. The number of aromatic carboxylic acids is 2. The Morgan fingerprint density at radius 3 is 0.922 bits per heavy atom. The van der Waals surface area contributed by atoms with E-state index in [4.69, 9.17) is 33.2 Å². The van der Waals surface area contributed by atoms with Crippen molar-refractivity contribution in [1.82, 2.24) is 28.4 Å². The smallest absolute Gasteiger partial charge is 0.410 e. The van der Waals surface area contributed by atoms with E-state index in [2.05, 4.69) is 4.57 Å². The molecule has 2 N–H and O–H groups in total. The molecule has 6 heterocycles. The van der Waals surface area contributed by atoms with Crippen LogP contribution in [0.5, 0.6) is 34.5 Å². The highest BCUT2D eigenvalue weighted by Crippen LogP contribution is 2.41. The van der Waals surface area contributed by atoms with E-state index in [9.17, 15) is 65.3 Å². The number of para-hydroxylation sites is 3. The number of piperidine rings is 2. The molecule has 3 aliphatic rings. The fraction of sp³-hybridized carbons (Fsp3) is 0.386. The van der Waals surface area contributed by atoms with Gasteiger partial charge in [0.05, 0.1) is 41.4 Å². The molecule has 0 bridgehead atoms. The fourth-order valence-corrected chi connectivity index (χ4v) is 14.3. The lowest BCUT2D eigenvalue weighted by Gasteiger charge is -2.35. The largest absolute Gasteiger partial charge is 0.478 e. The summed E-state index contributed by atoms with van der Waals surface area (Å²) in [5.41, 5.74) is 4.86. The minimum absolute atomic E-state index is 0.0511. The number of carboxylic acids is 2. The van der Waals surface area contributed by atoms with Crippen molar-refractivity contribution >= 4 is 36.2 Å². The molecule has 0 radical (unpaired) electrons. The van der Waals surface area contributed by atoms with Crippen LogP contribution in [-0.2, 0) is 38.2 Å². The third kappa shape index (κ3) is 21.0. The minimum Gasteiger partial charge on any atom is -0.478 e. The van der Waals surface area contributed by atoms with Gasteiger partial charge in [0.1, 0.15) is 34.1 Å². The Bertz CT molecular complexity index is 4920. The molecule has 9 aromatic rings. The Kier molecular flexibility index (Phi) is 27.3. The highest BCUT2D eigenvalue weighted by molar-refractivity contribution is 6.00. The number of hydrogen-bond donors (Lipinski definition) is 2. The molecule has 3 aromatic heterocycles. The number of halogens is 6. The van der Waals surface area contributed by atoms with Gasteiger partial charge in [0.15, 0.2) is 52.2 Å². The van der Waals surface area contributed by atoms with Crippen LogP contribution in [0.1, 0.15) is 188 Å². The summed E-state index contributed by atoms with van der Waals surface area (Å²) >= 11 is 0. The van der Waals surface area contributed by atoms with Gasteiger partial charge in [-0.05, 0) is 210 Å². The van der Waals surface area contributed by atoms with E-state index in [-0.39, 0.29) is 71.4 Å². The van der Waals surface area contributed by atoms with Crippen molar-refractivity contribution in [2.75, 3.05) is 45.9 Å². The van der Waals surface area contributed by atoms with E-state index in [1.54, 1.807) is 88.5 Å². The molecule has 3 fully saturated rings. The van der Waals surface area contributed by atoms with Crippen LogP contribution in [0.3, 0.4) is 0 Å². The molecular formula is C88H98F6N6O15. The van der Waals surface area contributed by atoms with Crippen LogP contribution in [0, 0.1) is 34.9 Å². The van der Waals surface area contributed by atoms with E-state index >= 15 is 0 Å². The van der Waals surface area contributed by atoms with Crippen LogP contribution < -0.4 is 14.2 Å². The van der Waals surface area contributed by atoms with Crippen molar-refractivity contribution < 1.29 is 98.5 Å². The normalized spacial score (nSPS) is 15.7. The van der Waals surface area contributed by atoms with E-state index in [1.165, 1.54) is 30.3 Å². The molecule has 0 saturated carbocycles.